The van der Waals surface area contributed by atoms with Crippen molar-refractivity contribution in [1.82, 2.24) is 4.90 Å². The van der Waals surface area contributed by atoms with Gasteiger partial charge in [0.1, 0.15) is 11.5 Å². The normalized spacial score (nSPS) is 17.8. The van der Waals surface area contributed by atoms with Gasteiger partial charge in [-0.15, -0.1) is 0 Å². The monoisotopic (exact) mass is 437 g/mol. The van der Waals surface area contributed by atoms with E-state index < -0.39 is 17.7 Å². The predicted octanol–water partition coefficient (Wildman–Crippen LogP) is 4.55. The molecule has 0 aromatic heterocycles. The molecule has 170 valence electrons. The minimum atomic E-state index is -0.670. The Morgan fingerprint density at radius 2 is 1.75 bits per heavy atom. The highest BCUT2D eigenvalue weighted by Gasteiger charge is 2.45. The lowest BCUT2D eigenvalue weighted by atomic mass is 9.94. The van der Waals surface area contributed by atoms with E-state index in [-0.39, 0.29) is 11.3 Å². The largest absolute Gasteiger partial charge is 0.507 e. The third-order valence-corrected chi connectivity index (χ3v) is 5.57. The van der Waals surface area contributed by atoms with Gasteiger partial charge in [-0.3, -0.25) is 9.59 Å². The average molecular weight is 438 g/mol. The molecule has 6 heteroatoms. The molecule has 0 bridgehead atoms. The van der Waals surface area contributed by atoms with Crippen LogP contribution < -0.4 is 4.74 Å². The van der Waals surface area contributed by atoms with Crippen LogP contribution in [0.15, 0.2) is 48.0 Å². The molecule has 0 aliphatic carbocycles. The van der Waals surface area contributed by atoms with Crippen molar-refractivity contribution in [3.8, 4) is 5.75 Å². The van der Waals surface area contributed by atoms with Crippen LogP contribution in [0.3, 0.4) is 0 Å². The fraction of sp³-hybridized carbons (Fsp3) is 0.385. The zero-order valence-electron chi connectivity index (χ0n) is 19.2. The van der Waals surface area contributed by atoms with Crippen molar-refractivity contribution in [2.75, 3.05) is 26.4 Å². The second-order valence-electron chi connectivity index (χ2n) is 7.87. The van der Waals surface area contributed by atoms with Crippen LogP contribution in [0.25, 0.3) is 5.76 Å². The molecule has 32 heavy (non-hydrogen) atoms. The van der Waals surface area contributed by atoms with Gasteiger partial charge >= 0.3 is 0 Å². The lowest BCUT2D eigenvalue weighted by Gasteiger charge is -2.25. The minimum absolute atomic E-state index is 0.110. The molecule has 1 amide bonds. The molecule has 2 aromatic rings. The maximum Gasteiger partial charge on any atom is 0.295 e. The van der Waals surface area contributed by atoms with Crippen LogP contribution in [0.5, 0.6) is 5.75 Å². The SMILES string of the molecule is CCOCCCN1C(=O)C(=O)C(=C(O)c2ccc(OCC)c(C)c2)[C@H]1c1ccc(C)cc1. The second kappa shape index (κ2) is 10.5. The van der Waals surface area contributed by atoms with Crippen molar-refractivity contribution in [3.63, 3.8) is 0 Å². The standard InChI is InChI=1S/C26H31NO5/c1-5-31-15-7-14-27-23(19-10-8-17(3)9-11-19)22(25(29)26(27)30)24(28)20-12-13-21(32-6-2)18(4)16-20/h8-13,16,23,28H,5-7,14-15H2,1-4H3/t23-/m1/s1. The summed E-state index contributed by atoms with van der Waals surface area (Å²) in [5, 5.41) is 11.2. The number of rotatable bonds is 9. The number of carbonyl (C=O) groups excluding carboxylic acids is 2. The lowest BCUT2D eigenvalue weighted by molar-refractivity contribution is -0.140. The molecule has 1 saturated heterocycles. The first-order chi connectivity index (χ1) is 15.4. The number of benzene rings is 2. The highest BCUT2D eigenvalue weighted by atomic mass is 16.5. The first kappa shape index (κ1) is 23.5. The predicted molar refractivity (Wildman–Crippen MR) is 124 cm³/mol. The van der Waals surface area contributed by atoms with Gasteiger partial charge in [0.25, 0.3) is 11.7 Å². The van der Waals surface area contributed by atoms with E-state index in [1.165, 1.54) is 0 Å². The van der Waals surface area contributed by atoms with E-state index in [1.807, 2.05) is 52.0 Å². The van der Waals surface area contributed by atoms with E-state index >= 15 is 0 Å². The number of amides is 1. The summed E-state index contributed by atoms with van der Waals surface area (Å²) in [6.45, 7) is 9.67. The van der Waals surface area contributed by atoms with E-state index in [0.29, 0.717) is 38.3 Å². The minimum Gasteiger partial charge on any atom is -0.507 e. The smallest absolute Gasteiger partial charge is 0.295 e. The van der Waals surface area contributed by atoms with Gasteiger partial charge in [-0.1, -0.05) is 29.8 Å². The summed E-state index contributed by atoms with van der Waals surface area (Å²) in [6.07, 6.45) is 0.603. The summed E-state index contributed by atoms with van der Waals surface area (Å²) in [4.78, 5) is 27.5. The van der Waals surface area contributed by atoms with Crippen LogP contribution in [0.2, 0.25) is 0 Å². The first-order valence-electron chi connectivity index (χ1n) is 11.1. The van der Waals surface area contributed by atoms with Crippen LogP contribution in [0.4, 0.5) is 0 Å². The Labute approximate surface area is 189 Å². The number of Topliss-reactive ketones (excluding diaryl/α,β-unsaturated/α-hetero) is 1. The maximum absolute atomic E-state index is 13.1. The Balaban J connectivity index is 2.06. The van der Waals surface area contributed by atoms with Crippen LogP contribution in [-0.4, -0.2) is 48.1 Å². The van der Waals surface area contributed by atoms with Crippen LogP contribution in [0, 0.1) is 13.8 Å². The van der Waals surface area contributed by atoms with Crippen LogP contribution in [-0.2, 0) is 14.3 Å². The van der Waals surface area contributed by atoms with Gasteiger partial charge in [-0.05, 0) is 63.4 Å². The number of aliphatic hydroxyl groups excluding tert-OH is 1. The zero-order valence-corrected chi connectivity index (χ0v) is 19.2. The van der Waals surface area contributed by atoms with E-state index in [4.69, 9.17) is 9.47 Å². The number of hydrogen-bond donors (Lipinski definition) is 1. The summed E-state index contributed by atoms with van der Waals surface area (Å²) < 4.78 is 11.0. The van der Waals surface area contributed by atoms with Crippen LogP contribution >= 0.6 is 0 Å². The van der Waals surface area contributed by atoms with Crippen molar-refractivity contribution < 1.29 is 24.2 Å². The fourth-order valence-electron chi connectivity index (χ4n) is 3.96. The van der Waals surface area contributed by atoms with Gasteiger partial charge in [0.05, 0.1) is 18.2 Å². The third-order valence-electron chi connectivity index (χ3n) is 5.57. The molecule has 0 saturated carbocycles. The topological polar surface area (TPSA) is 76.1 Å². The summed E-state index contributed by atoms with van der Waals surface area (Å²) in [5.74, 6) is -0.727. The molecule has 1 heterocycles. The summed E-state index contributed by atoms with van der Waals surface area (Å²) in [5.41, 5.74) is 3.29. The summed E-state index contributed by atoms with van der Waals surface area (Å²) in [6, 6.07) is 12.3. The number of nitrogens with zero attached hydrogens (tertiary/aromatic N) is 1. The van der Waals surface area contributed by atoms with Gasteiger partial charge < -0.3 is 19.5 Å². The van der Waals surface area contributed by atoms with E-state index in [9.17, 15) is 14.7 Å². The number of likely N-dealkylation sites (tertiary alicyclic amines) is 1. The third kappa shape index (κ3) is 4.86. The van der Waals surface area contributed by atoms with E-state index in [1.54, 1.807) is 23.1 Å². The Kier molecular flexibility index (Phi) is 7.70. The Hall–Kier alpha value is -3.12. The molecule has 0 spiro atoms. The fourth-order valence-corrected chi connectivity index (χ4v) is 3.96. The van der Waals surface area contributed by atoms with Crippen molar-refractivity contribution in [2.24, 2.45) is 0 Å². The highest BCUT2D eigenvalue weighted by molar-refractivity contribution is 6.46. The molecule has 1 aliphatic rings. The Bertz CT molecular complexity index is 1010. The maximum atomic E-state index is 13.1. The number of carbonyl (C=O) groups is 2. The number of ketones is 1. The Morgan fingerprint density at radius 1 is 1.03 bits per heavy atom. The highest BCUT2D eigenvalue weighted by Crippen LogP contribution is 2.40. The molecule has 0 radical (unpaired) electrons. The molecule has 2 aromatic carbocycles. The van der Waals surface area contributed by atoms with Crippen molar-refractivity contribution in [3.05, 3.63) is 70.3 Å². The molecule has 3 rings (SSSR count). The molecule has 1 atom stereocenters. The van der Waals surface area contributed by atoms with Gasteiger partial charge in [-0.25, -0.2) is 0 Å². The second-order valence-corrected chi connectivity index (χ2v) is 7.87. The van der Waals surface area contributed by atoms with Gasteiger partial charge in [0.15, 0.2) is 0 Å². The number of aryl methyl sites for hydroxylation is 2. The molecule has 0 unspecified atom stereocenters. The van der Waals surface area contributed by atoms with Gasteiger partial charge in [0.2, 0.25) is 0 Å². The molecule has 1 N–H and O–H groups in total. The van der Waals surface area contributed by atoms with Crippen molar-refractivity contribution >= 4 is 17.4 Å². The number of hydrogen-bond acceptors (Lipinski definition) is 5. The van der Waals surface area contributed by atoms with Crippen molar-refractivity contribution in [2.45, 2.75) is 40.2 Å². The van der Waals surface area contributed by atoms with E-state index in [2.05, 4.69) is 0 Å². The first-order valence-corrected chi connectivity index (χ1v) is 11.1. The zero-order chi connectivity index (χ0) is 23.3. The number of ether oxygens (including phenoxy) is 2. The molecular weight excluding hydrogens is 406 g/mol. The quantitative estimate of drug-likeness (QED) is 0.270. The van der Waals surface area contributed by atoms with E-state index in [0.717, 1.165) is 22.4 Å². The molecular formula is C26H31NO5. The molecule has 1 aliphatic heterocycles. The van der Waals surface area contributed by atoms with Gasteiger partial charge in [-0.2, -0.15) is 0 Å². The van der Waals surface area contributed by atoms with Crippen molar-refractivity contribution in [1.29, 1.82) is 0 Å². The summed E-state index contributed by atoms with van der Waals surface area (Å²) >= 11 is 0. The molecule has 6 nitrogen and oxygen atoms in total. The molecule has 1 fully saturated rings. The lowest BCUT2D eigenvalue weighted by Crippen LogP contribution is -2.31. The Morgan fingerprint density at radius 3 is 2.38 bits per heavy atom. The average Bonchev–Trinajstić information content (AvgIpc) is 3.03. The number of aliphatic hydroxyl groups is 1. The summed E-state index contributed by atoms with van der Waals surface area (Å²) in [7, 11) is 0. The van der Waals surface area contributed by atoms with Crippen LogP contribution in [0.1, 0.15) is 48.6 Å². The van der Waals surface area contributed by atoms with Gasteiger partial charge in [0, 0.05) is 25.3 Å².